The first-order valence-corrected chi connectivity index (χ1v) is 4.60. The molecule has 0 aliphatic heterocycles. The highest BCUT2D eigenvalue weighted by atomic mass is 16.4. The van der Waals surface area contributed by atoms with Crippen LogP contribution in [-0.2, 0) is 4.79 Å². The molecule has 0 fully saturated rings. The Balaban J connectivity index is 3.58. The molecule has 14 heavy (non-hydrogen) atoms. The summed E-state index contributed by atoms with van der Waals surface area (Å²) in [6.07, 6.45) is 1.26. The number of aliphatic imine (C=N–C) groups is 1. The summed E-state index contributed by atoms with van der Waals surface area (Å²) in [4.78, 5) is 14.3. The van der Waals surface area contributed by atoms with Crippen molar-refractivity contribution in [2.45, 2.75) is 25.8 Å². The second kappa shape index (κ2) is 7.14. The number of nitrogens with zero attached hydrogens (tertiary/aromatic N) is 1. The lowest BCUT2D eigenvalue weighted by Crippen LogP contribution is -2.38. The van der Waals surface area contributed by atoms with Gasteiger partial charge in [0.05, 0.1) is 0 Å². The van der Waals surface area contributed by atoms with E-state index in [0.29, 0.717) is 25.5 Å². The lowest BCUT2D eigenvalue weighted by Gasteiger charge is -2.07. The topological polar surface area (TPSA) is 114 Å². The highest BCUT2D eigenvalue weighted by molar-refractivity contribution is 5.78. The van der Waals surface area contributed by atoms with Crippen LogP contribution in [0, 0.1) is 0 Å². The molecule has 6 nitrogen and oxygen atoms in total. The zero-order chi connectivity index (χ0) is 11.0. The van der Waals surface area contributed by atoms with Crippen LogP contribution < -0.4 is 16.8 Å². The first-order valence-electron chi connectivity index (χ1n) is 4.60. The number of carboxylic acids is 1. The van der Waals surface area contributed by atoms with Crippen LogP contribution >= 0.6 is 0 Å². The van der Waals surface area contributed by atoms with Crippen molar-refractivity contribution in [2.24, 2.45) is 16.5 Å². The minimum Gasteiger partial charge on any atom is -0.480 e. The third-order valence-corrected chi connectivity index (χ3v) is 1.58. The van der Waals surface area contributed by atoms with E-state index in [2.05, 4.69) is 10.3 Å². The van der Waals surface area contributed by atoms with Crippen molar-refractivity contribution < 1.29 is 9.90 Å². The Bertz CT molecular complexity index is 206. The molecule has 0 heterocycles. The summed E-state index contributed by atoms with van der Waals surface area (Å²) >= 11 is 0. The number of carboxylic acid groups (broad SMARTS) is 1. The summed E-state index contributed by atoms with van der Waals surface area (Å²) in [5.74, 6) is -0.666. The molecule has 0 rings (SSSR count). The second-order valence-corrected chi connectivity index (χ2v) is 2.93. The molecule has 82 valence electrons. The number of aliphatic carboxylic acids is 1. The lowest BCUT2D eigenvalue weighted by atomic mass is 10.2. The molecule has 0 spiro atoms. The van der Waals surface area contributed by atoms with Crippen LogP contribution in [0.25, 0.3) is 0 Å². The number of hydrogen-bond acceptors (Lipinski definition) is 3. The molecule has 6 N–H and O–H groups in total. The minimum atomic E-state index is -1.00. The van der Waals surface area contributed by atoms with E-state index in [4.69, 9.17) is 16.6 Å². The first kappa shape index (κ1) is 12.7. The fourth-order valence-corrected chi connectivity index (χ4v) is 0.767. The van der Waals surface area contributed by atoms with Gasteiger partial charge in [0, 0.05) is 13.1 Å². The Hall–Kier alpha value is -1.30. The van der Waals surface area contributed by atoms with Crippen LogP contribution in [0.5, 0.6) is 0 Å². The van der Waals surface area contributed by atoms with Gasteiger partial charge < -0.3 is 21.9 Å². The number of guanidine groups is 1. The number of rotatable bonds is 6. The Morgan fingerprint density at radius 1 is 1.64 bits per heavy atom. The fourth-order valence-electron chi connectivity index (χ4n) is 0.767. The standard InChI is InChI=1S/C8H18N4O2/c1-2-4-11-8(10)12-5-3-6(9)7(13)14/h6H,2-5,9H2,1H3,(H,13,14)(H3,10,11,12). The monoisotopic (exact) mass is 202 g/mol. The molecule has 0 saturated heterocycles. The van der Waals surface area contributed by atoms with E-state index in [-0.39, 0.29) is 0 Å². The van der Waals surface area contributed by atoms with Crippen LogP contribution in [0.1, 0.15) is 19.8 Å². The predicted molar refractivity (Wildman–Crippen MR) is 55.0 cm³/mol. The Morgan fingerprint density at radius 2 is 2.29 bits per heavy atom. The lowest BCUT2D eigenvalue weighted by molar-refractivity contribution is -0.138. The summed E-state index contributed by atoms with van der Waals surface area (Å²) in [5.41, 5.74) is 10.8. The van der Waals surface area contributed by atoms with Crippen molar-refractivity contribution in [1.29, 1.82) is 0 Å². The van der Waals surface area contributed by atoms with Gasteiger partial charge in [0.2, 0.25) is 0 Å². The van der Waals surface area contributed by atoms with Gasteiger partial charge in [-0.1, -0.05) is 6.92 Å². The molecule has 0 aromatic rings. The molecule has 0 aromatic heterocycles. The zero-order valence-electron chi connectivity index (χ0n) is 8.36. The van der Waals surface area contributed by atoms with Crippen LogP contribution in [0.2, 0.25) is 0 Å². The van der Waals surface area contributed by atoms with Gasteiger partial charge in [-0.05, 0) is 12.8 Å². The number of nitrogens with one attached hydrogen (secondary N) is 1. The van der Waals surface area contributed by atoms with E-state index < -0.39 is 12.0 Å². The summed E-state index contributed by atoms with van der Waals surface area (Å²) in [7, 11) is 0. The van der Waals surface area contributed by atoms with Crippen LogP contribution in [0.15, 0.2) is 4.99 Å². The van der Waals surface area contributed by atoms with E-state index in [9.17, 15) is 4.79 Å². The van der Waals surface area contributed by atoms with Crippen molar-refractivity contribution in [1.82, 2.24) is 5.32 Å². The summed E-state index contributed by atoms with van der Waals surface area (Å²) in [6.45, 7) is 3.09. The van der Waals surface area contributed by atoms with E-state index >= 15 is 0 Å². The highest BCUT2D eigenvalue weighted by Crippen LogP contribution is 1.85. The highest BCUT2D eigenvalue weighted by Gasteiger charge is 2.09. The third-order valence-electron chi connectivity index (χ3n) is 1.58. The van der Waals surface area contributed by atoms with Crippen molar-refractivity contribution >= 4 is 11.9 Å². The average Bonchev–Trinajstić information content (AvgIpc) is 2.14. The van der Waals surface area contributed by atoms with Gasteiger partial charge in [0.25, 0.3) is 0 Å². The molecule has 0 radical (unpaired) electrons. The Labute approximate surface area is 83.4 Å². The molecular weight excluding hydrogens is 184 g/mol. The summed E-state index contributed by atoms with van der Waals surface area (Å²) in [5, 5.41) is 11.3. The van der Waals surface area contributed by atoms with E-state index in [1.807, 2.05) is 6.92 Å². The van der Waals surface area contributed by atoms with Crippen LogP contribution in [0.4, 0.5) is 0 Å². The van der Waals surface area contributed by atoms with Gasteiger partial charge in [0.1, 0.15) is 6.04 Å². The molecule has 0 aliphatic carbocycles. The van der Waals surface area contributed by atoms with Crippen molar-refractivity contribution in [2.75, 3.05) is 13.1 Å². The second-order valence-electron chi connectivity index (χ2n) is 2.93. The van der Waals surface area contributed by atoms with Gasteiger partial charge in [-0.15, -0.1) is 0 Å². The van der Waals surface area contributed by atoms with Crippen molar-refractivity contribution in [3.05, 3.63) is 0 Å². The SMILES string of the molecule is CCCN=C(N)NCCC(N)C(=O)O. The summed E-state index contributed by atoms with van der Waals surface area (Å²) < 4.78 is 0. The van der Waals surface area contributed by atoms with Gasteiger partial charge in [0.15, 0.2) is 5.96 Å². The van der Waals surface area contributed by atoms with Crippen molar-refractivity contribution in [3.8, 4) is 0 Å². The van der Waals surface area contributed by atoms with E-state index in [1.54, 1.807) is 0 Å². The molecule has 1 atom stereocenters. The molecule has 1 unspecified atom stereocenters. The van der Waals surface area contributed by atoms with E-state index in [0.717, 1.165) is 6.42 Å². The average molecular weight is 202 g/mol. The smallest absolute Gasteiger partial charge is 0.320 e. The molecule has 6 heteroatoms. The third kappa shape index (κ3) is 6.24. The molecule has 0 amide bonds. The normalized spacial score (nSPS) is 13.7. The number of carbonyl (C=O) groups is 1. The molecule has 0 aliphatic rings. The molecular formula is C8H18N4O2. The van der Waals surface area contributed by atoms with E-state index in [1.165, 1.54) is 0 Å². The number of hydrogen-bond donors (Lipinski definition) is 4. The maximum atomic E-state index is 10.3. The van der Waals surface area contributed by atoms with Gasteiger partial charge in [-0.3, -0.25) is 9.79 Å². The fraction of sp³-hybridized carbons (Fsp3) is 0.750. The first-order chi connectivity index (χ1) is 6.57. The van der Waals surface area contributed by atoms with Crippen molar-refractivity contribution in [3.63, 3.8) is 0 Å². The Morgan fingerprint density at radius 3 is 2.79 bits per heavy atom. The minimum absolute atomic E-state index is 0.331. The van der Waals surface area contributed by atoms with Gasteiger partial charge >= 0.3 is 5.97 Å². The quantitative estimate of drug-likeness (QED) is 0.329. The maximum Gasteiger partial charge on any atom is 0.320 e. The zero-order valence-corrected chi connectivity index (χ0v) is 8.36. The summed E-state index contributed by atoms with van der Waals surface area (Å²) in [6, 6.07) is -0.846. The van der Waals surface area contributed by atoms with Crippen LogP contribution in [0.3, 0.4) is 0 Å². The molecule has 0 aromatic carbocycles. The number of nitrogens with two attached hydrogens (primary N) is 2. The maximum absolute atomic E-state index is 10.3. The molecule has 0 saturated carbocycles. The van der Waals surface area contributed by atoms with Gasteiger partial charge in [-0.2, -0.15) is 0 Å². The largest absolute Gasteiger partial charge is 0.480 e. The van der Waals surface area contributed by atoms with Gasteiger partial charge in [-0.25, -0.2) is 0 Å². The predicted octanol–water partition coefficient (Wildman–Crippen LogP) is -0.897. The van der Waals surface area contributed by atoms with Crippen LogP contribution in [-0.4, -0.2) is 36.2 Å². The molecule has 0 bridgehead atoms. The Kier molecular flexibility index (Phi) is 6.47.